The summed E-state index contributed by atoms with van der Waals surface area (Å²) in [5.41, 5.74) is 3.37. The molecule has 2 aromatic rings. The van der Waals surface area contributed by atoms with E-state index < -0.39 is 5.97 Å². The maximum atomic E-state index is 12.2. The Kier molecular flexibility index (Phi) is 5.79. The number of carbonyl (C=O) groups is 2. The number of rotatable bonds is 6. The number of aromatic nitrogens is 1. The van der Waals surface area contributed by atoms with Crippen LogP contribution in [-0.4, -0.2) is 29.6 Å². The summed E-state index contributed by atoms with van der Waals surface area (Å²) in [7, 11) is 1.25. The number of halogens is 1. The molecule has 0 spiro atoms. The Morgan fingerprint density at radius 1 is 1.32 bits per heavy atom. The second-order valence-electron chi connectivity index (χ2n) is 4.10. The van der Waals surface area contributed by atoms with Crippen molar-refractivity contribution in [3.05, 3.63) is 45.3 Å². The normalized spacial score (nSPS) is 11.1. The van der Waals surface area contributed by atoms with Crippen molar-refractivity contribution in [1.82, 2.24) is 4.98 Å². The van der Waals surface area contributed by atoms with E-state index in [9.17, 15) is 9.59 Å². The highest BCUT2D eigenvalue weighted by Crippen LogP contribution is 2.23. The molecule has 0 saturated heterocycles. The van der Waals surface area contributed by atoms with Crippen LogP contribution in [0.15, 0.2) is 45.5 Å². The largest absolute Gasteiger partial charge is 0.464 e. The molecule has 6 nitrogen and oxygen atoms in total. The van der Waals surface area contributed by atoms with Gasteiger partial charge in [-0.2, -0.15) is 5.10 Å². The first kappa shape index (κ1) is 16.3. The minimum Gasteiger partial charge on any atom is -0.464 e. The van der Waals surface area contributed by atoms with Crippen molar-refractivity contribution in [1.29, 1.82) is 0 Å². The third-order valence-corrected chi connectivity index (χ3v) is 4.26. The van der Waals surface area contributed by atoms with E-state index >= 15 is 0 Å². The number of Topliss-reactive ketones (excluding diaryl/α,β-unsaturated/α-hetero) is 1. The molecule has 0 aliphatic carbocycles. The summed E-state index contributed by atoms with van der Waals surface area (Å²) in [5.74, 6) is -0.845. The number of hydrogen-bond acceptors (Lipinski definition) is 7. The third kappa shape index (κ3) is 4.47. The molecule has 0 amide bonds. The van der Waals surface area contributed by atoms with Gasteiger partial charge in [0.2, 0.25) is 0 Å². The molecular weight excluding hydrogens is 370 g/mol. The molecule has 0 atom stereocenters. The molecule has 8 heteroatoms. The molecule has 1 N–H and O–H groups in total. The summed E-state index contributed by atoms with van der Waals surface area (Å²) in [6.45, 7) is 0. The van der Waals surface area contributed by atoms with Gasteiger partial charge in [0.25, 0.3) is 0 Å². The number of hydrogen-bond donors (Lipinski definition) is 1. The Labute approximate surface area is 139 Å². The predicted octanol–water partition coefficient (Wildman–Crippen LogP) is 3.12. The molecule has 0 aliphatic rings. The van der Waals surface area contributed by atoms with Crippen molar-refractivity contribution >= 4 is 50.4 Å². The van der Waals surface area contributed by atoms with Crippen LogP contribution in [-0.2, 0) is 9.53 Å². The zero-order chi connectivity index (χ0) is 15.9. The molecule has 0 fully saturated rings. The summed E-state index contributed by atoms with van der Waals surface area (Å²) >= 11 is 4.60. The van der Waals surface area contributed by atoms with E-state index in [0.717, 1.165) is 3.79 Å². The number of ether oxygens (including phenoxy) is 1. The topological polar surface area (TPSA) is 80.7 Å². The van der Waals surface area contributed by atoms with Gasteiger partial charge < -0.3 is 4.74 Å². The number of nitrogens with one attached hydrogen (secondary N) is 1. The molecule has 2 heterocycles. The van der Waals surface area contributed by atoms with Crippen LogP contribution >= 0.6 is 27.3 Å². The van der Waals surface area contributed by atoms with E-state index in [4.69, 9.17) is 0 Å². The molecule has 114 valence electrons. The number of ketones is 1. The number of hydrazone groups is 1. The number of thiophene rings is 1. The lowest BCUT2D eigenvalue weighted by Gasteiger charge is -2.05. The van der Waals surface area contributed by atoms with Crippen LogP contribution in [0, 0.1) is 0 Å². The maximum absolute atomic E-state index is 12.2. The van der Waals surface area contributed by atoms with Crippen molar-refractivity contribution in [3.63, 3.8) is 0 Å². The summed E-state index contributed by atoms with van der Waals surface area (Å²) in [6, 6.07) is 6.86. The van der Waals surface area contributed by atoms with Gasteiger partial charge in [-0.3, -0.25) is 15.2 Å². The SMILES string of the molecule is COC(=O)/C(CC(=O)c1ccc(Br)s1)=N\Nc1ccncc1. The molecule has 0 aliphatic heterocycles. The van der Waals surface area contributed by atoms with E-state index in [1.165, 1.54) is 18.4 Å². The Hall–Kier alpha value is -2.06. The van der Waals surface area contributed by atoms with Crippen LogP contribution in [0.4, 0.5) is 5.69 Å². The summed E-state index contributed by atoms with van der Waals surface area (Å²) in [4.78, 5) is 28.3. The lowest BCUT2D eigenvalue weighted by atomic mass is 10.1. The van der Waals surface area contributed by atoms with Crippen LogP contribution in [0.1, 0.15) is 16.1 Å². The number of pyridine rings is 1. The first-order valence-electron chi connectivity index (χ1n) is 6.19. The second-order valence-corrected chi connectivity index (χ2v) is 6.56. The third-order valence-electron chi connectivity index (χ3n) is 2.60. The maximum Gasteiger partial charge on any atom is 0.354 e. The Balaban J connectivity index is 2.12. The Morgan fingerprint density at radius 2 is 2.05 bits per heavy atom. The van der Waals surface area contributed by atoms with Crippen LogP contribution in [0.2, 0.25) is 0 Å². The number of methoxy groups -OCH3 is 1. The van der Waals surface area contributed by atoms with E-state index in [1.54, 1.807) is 36.7 Å². The predicted molar refractivity (Wildman–Crippen MR) is 88.3 cm³/mol. The fourth-order valence-electron chi connectivity index (χ4n) is 1.54. The molecular formula is C14H12BrN3O3S. The van der Waals surface area contributed by atoms with Crippen molar-refractivity contribution in [2.75, 3.05) is 12.5 Å². The average molecular weight is 382 g/mol. The lowest BCUT2D eigenvalue weighted by molar-refractivity contribution is -0.132. The van der Waals surface area contributed by atoms with Crippen LogP contribution in [0.3, 0.4) is 0 Å². The number of esters is 1. The van der Waals surface area contributed by atoms with Crippen molar-refractivity contribution in [3.8, 4) is 0 Å². The average Bonchev–Trinajstić information content (AvgIpc) is 2.98. The first-order chi connectivity index (χ1) is 10.6. The molecule has 0 saturated carbocycles. The lowest BCUT2D eigenvalue weighted by Crippen LogP contribution is -2.21. The van der Waals surface area contributed by atoms with Gasteiger partial charge in [-0.25, -0.2) is 4.79 Å². The van der Waals surface area contributed by atoms with Gasteiger partial charge in [0.05, 0.1) is 27.9 Å². The molecule has 0 bridgehead atoms. The molecule has 0 unspecified atom stereocenters. The summed E-state index contributed by atoms with van der Waals surface area (Å²) in [5, 5.41) is 3.97. The van der Waals surface area contributed by atoms with Crippen molar-refractivity contribution in [2.24, 2.45) is 5.10 Å². The van der Waals surface area contributed by atoms with Gasteiger partial charge in [-0.1, -0.05) is 0 Å². The standard InChI is InChI=1S/C14H12BrN3O3S/c1-21-14(20)10(18-17-9-4-6-16-7-5-9)8-11(19)12-2-3-13(15)22-12/h2-7H,8H2,1H3,(H,16,17)/b18-10-. The monoisotopic (exact) mass is 381 g/mol. The fraction of sp³-hybridized carbons (Fsp3) is 0.143. The molecule has 2 rings (SSSR count). The second kappa shape index (κ2) is 7.81. The number of nitrogens with zero attached hydrogens (tertiary/aromatic N) is 2. The summed E-state index contributed by atoms with van der Waals surface area (Å²) in [6.07, 6.45) is 3.03. The quantitative estimate of drug-likeness (QED) is 0.359. The Bertz CT molecular complexity index is 700. The van der Waals surface area contributed by atoms with E-state index in [1.807, 2.05) is 0 Å². The highest BCUT2D eigenvalue weighted by atomic mass is 79.9. The minimum atomic E-state index is -0.648. The van der Waals surface area contributed by atoms with Gasteiger partial charge in [0.1, 0.15) is 0 Å². The number of anilines is 1. The molecule has 2 aromatic heterocycles. The zero-order valence-electron chi connectivity index (χ0n) is 11.6. The highest BCUT2D eigenvalue weighted by Gasteiger charge is 2.19. The highest BCUT2D eigenvalue weighted by molar-refractivity contribution is 9.11. The van der Waals surface area contributed by atoms with Gasteiger partial charge in [-0.05, 0) is 40.2 Å². The smallest absolute Gasteiger partial charge is 0.354 e. The van der Waals surface area contributed by atoms with Gasteiger partial charge in [0.15, 0.2) is 11.5 Å². The van der Waals surface area contributed by atoms with Gasteiger partial charge in [0, 0.05) is 12.4 Å². The van der Waals surface area contributed by atoms with Crippen LogP contribution in [0.25, 0.3) is 0 Å². The number of carbonyl (C=O) groups excluding carboxylic acids is 2. The molecule has 0 radical (unpaired) electrons. The van der Waals surface area contributed by atoms with E-state index in [2.05, 4.69) is 36.2 Å². The molecule has 22 heavy (non-hydrogen) atoms. The zero-order valence-corrected chi connectivity index (χ0v) is 14.0. The van der Waals surface area contributed by atoms with E-state index in [0.29, 0.717) is 10.6 Å². The first-order valence-corrected chi connectivity index (χ1v) is 7.80. The Morgan fingerprint density at radius 3 is 2.64 bits per heavy atom. The van der Waals surface area contributed by atoms with Crippen molar-refractivity contribution in [2.45, 2.75) is 6.42 Å². The van der Waals surface area contributed by atoms with Gasteiger partial charge >= 0.3 is 5.97 Å². The van der Waals surface area contributed by atoms with Crippen molar-refractivity contribution < 1.29 is 14.3 Å². The van der Waals surface area contributed by atoms with Gasteiger partial charge in [-0.15, -0.1) is 11.3 Å². The fourth-order valence-corrected chi connectivity index (χ4v) is 2.86. The van der Waals surface area contributed by atoms with Crippen LogP contribution in [0.5, 0.6) is 0 Å². The summed E-state index contributed by atoms with van der Waals surface area (Å²) < 4.78 is 5.51. The minimum absolute atomic E-state index is 0.00818. The molecule has 0 aromatic carbocycles. The van der Waals surface area contributed by atoms with Crippen LogP contribution < -0.4 is 5.43 Å². The van der Waals surface area contributed by atoms with E-state index in [-0.39, 0.29) is 17.9 Å².